The first-order valence-electron chi connectivity index (χ1n) is 17.8. The SMILES string of the molecule is CC1(C)c2ccccc2-c2c1ccc1c2Oc2c(cccc2-c2cccc(-c3nc(-c4ccccc4)cc(-c4cccc(-c5ccccn5)c4)n3)c2)O1. The molecule has 53 heavy (non-hydrogen) atoms. The summed E-state index contributed by atoms with van der Waals surface area (Å²) in [5.74, 6) is 3.49. The molecule has 0 saturated heterocycles. The molecule has 0 amide bonds. The van der Waals surface area contributed by atoms with E-state index in [1.165, 1.54) is 16.7 Å². The molecule has 252 valence electrons. The van der Waals surface area contributed by atoms with Crippen LogP contribution in [0.3, 0.4) is 0 Å². The number of pyridine rings is 1. The fraction of sp³-hybridized carbons (Fsp3) is 0.0625. The second-order valence-corrected chi connectivity index (χ2v) is 14.0. The molecule has 2 aliphatic rings. The maximum Gasteiger partial charge on any atom is 0.178 e. The second kappa shape index (κ2) is 12.1. The second-order valence-electron chi connectivity index (χ2n) is 14.0. The molecule has 1 aliphatic carbocycles. The summed E-state index contributed by atoms with van der Waals surface area (Å²) >= 11 is 0. The van der Waals surface area contributed by atoms with Crippen LogP contribution in [0.4, 0.5) is 0 Å². The standard InChI is InChI=1S/C48H33N3O2/c1-48(2)37-21-7-6-19-36(37)44-38(48)24-25-43-46(44)53-45-35(20-12-23-42(45)52-43)31-15-10-18-34(27-31)47-50-40(30-13-4-3-5-14-30)29-41(51-47)33-17-11-16-32(28-33)39-22-8-9-26-49-39/h3-29H,1-2H3. The Bertz CT molecular complexity index is 2700. The Morgan fingerprint density at radius 3 is 1.91 bits per heavy atom. The van der Waals surface area contributed by atoms with Crippen LogP contribution in [-0.2, 0) is 5.41 Å². The van der Waals surface area contributed by atoms with Gasteiger partial charge in [0, 0.05) is 45.0 Å². The summed E-state index contributed by atoms with van der Waals surface area (Å²) in [5.41, 5.74) is 13.1. The van der Waals surface area contributed by atoms with Gasteiger partial charge in [0.25, 0.3) is 0 Å². The van der Waals surface area contributed by atoms with Gasteiger partial charge in [0.2, 0.25) is 0 Å². The zero-order chi connectivity index (χ0) is 35.5. The molecule has 6 aromatic carbocycles. The molecule has 0 radical (unpaired) electrons. The topological polar surface area (TPSA) is 57.1 Å². The summed E-state index contributed by atoms with van der Waals surface area (Å²) in [6.45, 7) is 4.55. The van der Waals surface area contributed by atoms with E-state index in [1.807, 2.05) is 60.8 Å². The molecule has 10 rings (SSSR count). The predicted octanol–water partition coefficient (Wildman–Crippen LogP) is 12.4. The van der Waals surface area contributed by atoms with Crippen LogP contribution < -0.4 is 9.47 Å². The lowest BCUT2D eigenvalue weighted by molar-refractivity contribution is 0.361. The van der Waals surface area contributed by atoms with Crippen molar-refractivity contribution in [2.24, 2.45) is 0 Å². The van der Waals surface area contributed by atoms with Gasteiger partial charge in [-0.15, -0.1) is 0 Å². The van der Waals surface area contributed by atoms with Crippen molar-refractivity contribution in [2.45, 2.75) is 19.3 Å². The largest absolute Gasteiger partial charge is 0.449 e. The van der Waals surface area contributed by atoms with Gasteiger partial charge in [-0.3, -0.25) is 4.98 Å². The maximum absolute atomic E-state index is 6.94. The van der Waals surface area contributed by atoms with Crippen molar-refractivity contribution in [3.8, 4) is 90.4 Å². The third kappa shape index (κ3) is 5.20. The van der Waals surface area contributed by atoms with E-state index in [4.69, 9.17) is 19.4 Å². The Morgan fingerprint density at radius 1 is 0.434 bits per heavy atom. The molecule has 0 unspecified atom stereocenters. The summed E-state index contributed by atoms with van der Waals surface area (Å²) in [4.78, 5) is 14.9. The zero-order valence-corrected chi connectivity index (χ0v) is 29.2. The van der Waals surface area contributed by atoms with Gasteiger partial charge in [0.1, 0.15) is 0 Å². The number of hydrogen-bond donors (Lipinski definition) is 0. The zero-order valence-electron chi connectivity index (χ0n) is 29.2. The Hall–Kier alpha value is -6.85. The van der Waals surface area contributed by atoms with Crippen molar-refractivity contribution in [1.82, 2.24) is 15.0 Å². The molecule has 5 nitrogen and oxygen atoms in total. The summed E-state index contributed by atoms with van der Waals surface area (Å²) in [6.07, 6.45) is 1.82. The molecular formula is C48H33N3O2. The van der Waals surface area contributed by atoms with Crippen molar-refractivity contribution in [3.05, 3.63) is 175 Å². The van der Waals surface area contributed by atoms with E-state index in [9.17, 15) is 0 Å². The number of nitrogens with zero attached hydrogens (tertiary/aromatic N) is 3. The van der Waals surface area contributed by atoms with Crippen LogP contribution in [0.5, 0.6) is 23.0 Å². The summed E-state index contributed by atoms with van der Waals surface area (Å²) < 4.78 is 13.5. The van der Waals surface area contributed by atoms with E-state index < -0.39 is 0 Å². The molecule has 0 fully saturated rings. The summed E-state index contributed by atoms with van der Waals surface area (Å²) in [6, 6.07) is 53.9. The molecule has 0 saturated carbocycles. The minimum Gasteiger partial charge on any atom is -0.449 e. The molecule has 0 N–H and O–H groups in total. The number of hydrogen-bond acceptors (Lipinski definition) is 5. The lowest BCUT2D eigenvalue weighted by Crippen LogP contribution is -2.15. The van der Waals surface area contributed by atoms with E-state index in [1.54, 1.807) is 0 Å². The number of benzene rings is 6. The maximum atomic E-state index is 6.94. The van der Waals surface area contributed by atoms with Crippen LogP contribution in [0.15, 0.2) is 164 Å². The monoisotopic (exact) mass is 683 g/mol. The minimum absolute atomic E-state index is 0.147. The van der Waals surface area contributed by atoms with Gasteiger partial charge in [0.05, 0.1) is 17.1 Å². The van der Waals surface area contributed by atoms with E-state index in [0.29, 0.717) is 17.3 Å². The molecular weight excluding hydrogens is 651 g/mol. The van der Waals surface area contributed by atoms with Gasteiger partial charge in [-0.2, -0.15) is 0 Å². The number of fused-ring (bicyclic) bond motifs is 6. The van der Waals surface area contributed by atoms with Crippen molar-refractivity contribution >= 4 is 0 Å². The Morgan fingerprint density at radius 2 is 1.08 bits per heavy atom. The molecule has 0 atom stereocenters. The lowest BCUT2D eigenvalue weighted by atomic mass is 9.82. The predicted molar refractivity (Wildman–Crippen MR) is 211 cm³/mol. The highest BCUT2D eigenvalue weighted by Gasteiger charge is 2.39. The Kier molecular flexibility index (Phi) is 7.08. The fourth-order valence-electron chi connectivity index (χ4n) is 7.75. The lowest BCUT2D eigenvalue weighted by Gasteiger charge is -2.26. The van der Waals surface area contributed by atoms with Crippen LogP contribution in [0.1, 0.15) is 25.0 Å². The van der Waals surface area contributed by atoms with Crippen LogP contribution in [-0.4, -0.2) is 15.0 Å². The first kappa shape index (κ1) is 30.9. The van der Waals surface area contributed by atoms with E-state index in [0.717, 1.165) is 67.5 Å². The first-order valence-corrected chi connectivity index (χ1v) is 17.8. The van der Waals surface area contributed by atoms with Gasteiger partial charge in [-0.1, -0.05) is 129 Å². The molecule has 1 aliphatic heterocycles. The van der Waals surface area contributed by atoms with E-state index >= 15 is 0 Å². The number of aromatic nitrogens is 3. The highest BCUT2D eigenvalue weighted by atomic mass is 16.6. The molecule has 8 aromatic rings. The normalized spacial score (nSPS) is 13.2. The van der Waals surface area contributed by atoms with Crippen LogP contribution in [0.25, 0.3) is 67.4 Å². The van der Waals surface area contributed by atoms with Gasteiger partial charge in [-0.05, 0) is 64.7 Å². The van der Waals surface area contributed by atoms with E-state index in [2.05, 4.69) is 122 Å². The van der Waals surface area contributed by atoms with Gasteiger partial charge in [0.15, 0.2) is 28.8 Å². The van der Waals surface area contributed by atoms with Crippen molar-refractivity contribution in [2.75, 3.05) is 0 Å². The van der Waals surface area contributed by atoms with Crippen LogP contribution >= 0.6 is 0 Å². The van der Waals surface area contributed by atoms with Gasteiger partial charge < -0.3 is 9.47 Å². The number of rotatable bonds is 5. The van der Waals surface area contributed by atoms with Crippen LogP contribution in [0.2, 0.25) is 0 Å². The molecule has 0 spiro atoms. The van der Waals surface area contributed by atoms with E-state index in [-0.39, 0.29) is 5.41 Å². The van der Waals surface area contributed by atoms with Crippen molar-refractivity contribution in [1.29, 1.82) is 0 Å². The Balaban J connectivity index is 1.08. The third-order valence-corrected chi connectivity index (χ3v) is 10.4. The quantitative estimate of drug-likeness (QED) is 0.181. The number of ether oxygens (including phenoxy) is 2. The Labute approximate surface area is 308 Å². The first-order chi connectivity index (χ1) is 26.0. The smallest absolute Gasteiger partial charge is 0.178 e. The molecule has 3 heterocycles. The van der Waals surface area contributed by atoms with Crippen LogP contribution in [0, 0.1) is 0 Å². The molecule has 0 bridgehead atoms. The van der Waals surface area contributed by atoms with Gasteiger partial charge in [-0.25, -0.2) is 9.97 Å². The molecule has 5 heteroatoms. The highest BCUT2D eigenvalue weighted by Crippen LogP contribution is 2.59. The van der Waals surface area contributed by atoms with Crippen molar-refractivity contribution < 1.29 is 9.47 Å². The molecule has 2 aromatic heterocycles. The van der Waals surface area contributed by atoms with Gasteiger partial charge >= 0.3 is 0 Å². The number of para-hydroxylation sites is 1. The average molecular weight is 684 g/mol. The average Bonchev–Trinajstić information content (AvgIpc) is 3.46. The minimum atomic E-state index is -0.147. The summed E-state index contributed by atoms with van der Waals surface area (Å²) in [5, 5.41) is 0. The summed E-state index contributed by atoms with van der Waals surface area (Å²) in [7, 11) is 0. The van der Waals surface area contributed by atoms with Crippen molar-refractivity contribution in [3.63, 3.8) is 0 Å². The third-order valence-electron chi connectivity index (χ3n) is 10.4. The highest BCUT2D eigenvalue weighted by molar-refractivity contribution is 5.89. The fourth-order valence-corrected chi connectivity index (χ4v) is 7.75.